The van der Waals surface area contributed by atoms with Crippen molar-refractivity contribution in [3.63, 3.8) is 0 Å². The Hall–Kier alpha value is -1.87. The van der Waals surface area contributed by atoms with Gasteiger partial charge >= 0.3 is 0 Å². The van der Waals surface area contributed by atoms with Gasteiger partial charge in [-0.15, -0.1) is 0 Å². The molecule has 0 aliphatic carbocycles. The molecule has 106 valence electrons. The van der Waals surface area contributed by atoms with Gasteiger partial charge in [-0.1, -0.05) is 49.4 Å². The van der Waals surface area contributed by atoms with Crippen LogP contribution in [0.25, 0.3) is 10.8 Å². The highest BCUT2D eigenvalue weighted by molar-refractivity contribution is 5.86. The minimum absolute atomic E-state index is 0.0907. The Morgan fingerprint density at radius 1 is 1.15 bits per heavy atom. The van der Waals surface area contributed by atoms with Crippen LogP contribution in [0, 0.1) is 5.92 Å². The summed E-state index contributed by atoms with van der Waals surface area (Å²) >= 11 is 0. The Morgan fingerprint density at radius 2 is 1.80 bits per heavy atom. The van der Waals surface area contributed by atoms with Crippen molar-refractivity contribution in [2.75, 3.05) is 7.05 Å². The van der Waals surface area contributed by atoms with Crippen molar-refractivity contribution in [3.05, 3.63) is 48.0 Å². The number of carbonyl (C=O) groups excluding carboxylic acids is 1. The fraction of sp³-hybridized carbons (Fsp3) is 0.353. The summed E-state index contributed by atoms with van der Waals surface area (Å²) < 4.78 is 0. The van der Waals surface area contributed by atoms with Crippen LogP contribution in [0.2, 0.25) is 0 Å². The van der Waals surface area contributed by atoms with Gasteiger partial charge in [0.1, 0.15) is 0 Å². The quantitative estimate of drug-likeness (QED) is 0.928. The molecule has 2 aromatic rings. The monoisotopic (exact) mass is 270 g/mol. The minimum atomic E-state index is -0.157. The van der Waals surface area contributed by atoms with Crippen molar-refractivity contribution in [1.29, 1.82) is 0 Å². The lowest BCUT2D eigenvalue weighted by atomic mass is 10.0. The zero-order chi connectivity index (χ0) is 14.7. The maximum Gasteiger partial charge on any atom is 0.226 e. The molecule has 0 bridgehead atoms. The number of hydrogen-bond donors (Lipinski definition) is 1. The highest BCUT2D eigenvalue weighted by atomic mass is 16.2. The lowest BCUT2D eigenvalue weighted by Gasteiger charge is -2.24. The molecule has 20 heavy (non-hydrogen) atoms. The summed E-state index contributed by atoms with van der Waals surface area (Å²) in [4.78, 5) is 14.0. The van der Waals surface area contributed by atoms with E-state index in [1.54, 1.807) is 4.90 Å². The summed E-state index contributed by atoms with van der Waals surface area (Å²) in [6.07, 6.45) is 0. The molecule has 3 heteroatoms. The average Bonchev–Trinajstić information content (AvgIpc) is 2.46. The van der Waals surface area contributed by atoms with Crippen molar-refractivity contribution < 1.29 is 4.79 Å². The molecule has 0 saturated carbocycles. The number of carbonyl (C=O) groups is 1. The molecule has 0 fully saturated rings. The van der Waals surface area contributed by atoms with Gasteiger partial charge in [0, 0.05) is 19.6 Å². The topological polar surface area (TPSA) is 46.3 Å². The molecule has 2 N–H and O–H groups in total. The Labute approximate surface area is 120 Å². The van der Waals surface area contributed by atoms with E-state index in [0.717, 1.165) is 5.56 Å². The molecular formula is C17H22N2O. The first-order chi connectivity index (χ1) is 9.50. The number of hydrogen-bond acceptors (Lipinski definition) is 2. The lowest BCUT2D eigenvalue weighted by Crippen LogP contribution is -2.39. The highest BCUT2D eigenvalue weighted by Crippen LogP contribution is 2.20. The minimum Gasteiger partial charge on any atom is -0.341 e. The maximum atomic E-state index is 12.3. The molecule has 0 aliphatic heterocycles. The summed E-state index contributed by atoms with van der Waals surface area (Å²) in [5.41, 5.74) is 6.97. The predicted octanol–water partition coefficient (Wildman–Crippen LogP) is 2.78. The summed E-state index contributed by atoms with van der Waals surface area (Å²) in [6.45, 7) is 4.36. The smallest absolute Gasteiger partial charge is 0.226 e. The third kappa shape index (κ3) is 2.99. The number of fused-ring (bicyclic) bond motifs is 1. The van der Waals surface area contributed by atoms with E-state index >= 15 is 0 Å². The van der Waals surface area contributed by atoms with Crippen LogP contribution in [0.3, 0.4) is 0 Å². The van der Waals surface area contributed by atoms with Crippen LogP contribution < -0.4 is 5.73 Å². The highest BCUT2D eigenvalue weighted by Gasteiger charge is 2.21. The van der Waals surface area contributed by atoms with Crippen LogP contribution in [-0.4, -0.2) is 23.9 Å². The number of nitrogens with two attached hydrogens (primary N) is 1. The van der Waals surface area contributed by atoms with E-state index in [1.165, 1.54) is 10.8 Å². The second-order valence-corrected chi connectivity index (χ2v) is 5.48. The largest absolute Gasteiger partial charge is 0.341 e. The van der Waals surface area contributed by atoms with Gasteiger partial charge in [-0.2, -0.15) is 0 Å². The third-order valence-electron chi connectivity index (χ3n) is 3.84. The average molecular weight is 270 g/mol. The zero-order valence-corrected chi connectivity index (χ0v) is 12.3. The molecule has 0 radical (unpaired) electrons. The predicted molar refractivity (Wildman–Crippen MR) is 83.2 cm³/mol. The lowest BCUT2D eigenvalue weighted by molar-refractivity contribution is -0.134. The van der Waals surface area contributed by atoms with Gasteiger partial charge in [0.2, 0.25) is 5.91 Å². The van der Waals surface area contributed by atoms with E-state index in [4.69, 9.17) is 5.73 Å². The van der Waals surface area contributed by atoms with Crippen LogP contribution in [-0.2, 0) is 11.3 Å². The molecule has 2 unspecified atom stereocenters. The van der Waals surface area contributed by atoms with Crippen LogP contribution in [0.4, 0.5) is 0 Å². The first kappa shape index (κ1) is 14.5. The van der Waals surface area contributed by atoms with E-state index in [-0.39, 0.29) is 17.9 Å². The van der Waals surface area contributed by atoms with Gasteiger partial charge < -0.3 is 10.6 Å². The molecule has 0 saturated heterocycles. The van der Waals surface area contributed by atoms with E-state index in [9.17, 15) is 4.79 Å². The molecule has 2 aromatic carbocycles. The normalized spacial score (nSPS) is 14.0. The molecule has 3 nitrogen and oxygen atoms in total. The summed E-state index contributed by atoms with van der Waals surface area (Å²) in [5.74, 6) is -0.0667. The number of amides is 1. The Morgan fingerprint density at radius 3 is 2.50 bits per heavy atom. The number of benzene rings is 2. The first-order valence-corrected chi connectivity index (χ1v) is 6.98. The van der Waals surface area contributed by atoms with E-state index in [2.05, 4.69) is 24.3 Å². The van der Waals surface area contributed by atoms with Crippen LogP contribution in [0.5, 0.6) is 0 Å². The Bertz CT molecular complexity index is 601. The second-order valence-electron chi connectivity index (χ2n) is 5.48. The van der Waals surface area contributed by atoms with E-state index in [1.807, 2.05) is 39.1 Å². The summed E-state index contributed by atoms with van der Waals surface area (Å²) in [5, 5.41) is 2.40. The molecule has 2 atom stereocenters. The van der Waals surface area contributed by atoms with Gasteiger partial charge in [0.05, 0.1) is 5.92 Å². The van der Waals surface area contributed by atoms with Gasteiger partial charge in [-0.05, 0) is 23.3 Å². The first-order valence-electron chi connectivity index (χ1n) is 6.98. The standard InChI is InChI=1S/C17H22N2O/c1-12(13(2)18)17(20)19(3)11-15-9-6-8-14-7-4-5-10-16(14)15/h4-10,12-13H,11,18H2,1-3H3. The molecular weight excluding hydrogens is 248 g/mol. The van der Waals surface area contributed by atoms with Gasteiger partial charge in [-0.3, -0.25) is 4.79 Å². The zero-order valence-electron chi connectivity index (χ0n) is 12.3. The van der Waals surface area contributed by atoms with Gasteiger partial charge in [-0.25, -0.2) is 0 Å². The van der Waals surface area contributed by atoms with Crippen molar-refractivity contribution in [3.8, 4) is 0 Å². The fourth-order valence-corrected chi connectivity index (χ4v) is 2.34. The Kier molecular flexibility index (Phi) is 4.40. The van der Waals surface area contributed by atoms with Crippen LogP contribution >= 0.6 is 0 Å². The fourth-order valence-electron chi connectivity index (χ4n) is 2.34. The SMILES string of the molecule is CC(N)C(C)C(=O)N(C)Cc1cccc2ccccc12. The van der Waals surface area contributed by atoms with Gasteiger partial charge in [0.15, 0.2) is 0 Å². The molecule has 0 heterocycles. The third-order valence-corrected chi connectivity index (χ3v) is 3.84. The molecule has 0 aliphatic rings. The summed E-state index contributed by atoms with van der Waals surface area (Å²) in [7, 11) is 1.84. The van der Waals surface area contributed by atoms with Crippen molar-refractivity contribution in [2.24, 2.45) is 11.7 Å². The van der Waals surface area contributed by atoms with Crippen molar-refractivity contribution >= 4 is 16.7 Å². The Balaban J connectivity index is 2.22. The number of nitrogens with zero attached hydrogens (tertiary/aromatic N) is 1. The van der Waals surface area contributed by atoms with Crippen LogP contribution in [0.15, 0.2) is 42.5 Å². The van der Waals surface area contributed by atoms with Crippen molar-refractivity contribution in [1.82, 2.24) is 4.90 Å². The van der Waals surface area contributed by atoms with Crippen molar-refractivity contribution in [2.45, 2.75) is 26.4 Å². The summed E-state index contributed by atoms with van der Waals surface area (Å²) in [6, 6.07) is 14.3. The van der Waals surface area contributed by atoms with E-state index < -0.39 is 0 Å². The maximum absolute atomic E-state index is 12.3. The molecule has 2 rings (SSSR count). The van der Waals surface area contributed by atoms with Crippen LogP contribution in [0.1, 0.15) is 19.4 Å². The molecule has 0 aromatic heterocycles. The molecule has 0 spiro atoms. The van der Waals surface area contributed by atoms with Gasteiger partial charge in [0.25, 0.3) is 0 Å². The van der Waals surface area contributed by atoms with E-state index in [0.29, 0.717) is 6.54 Å². The number of rotatable bonds is 4. The molecule has 1 amide bonds. The second kappa shape index (κ2) is 6.06.